The Balaban J connectivity index is 2.68. The van der Waals surface area contributed by atoms with Gasteiger partial charge >= 0.3 is 0 Å². The molecule has 0 aliphatic rings. The third-order valence-electron chi connectivity index (χ3n) is 3.20. The van der Waals surface area contributed by atoms with Crippen molar-refractivity contribution in [3.63, 3.8) is 0 Å². The average Bonchev–Trinajstić information content (AvgIpc) is 2.38. The number of aliphatic hydroxyl groups is 1. The highest BCUT2D eigenvalue weighted by Gasteiger charge is 2.15. The largest absolute Gasteiger partial charge is 0.391 e. The van der Waals surface area contributed by atoms with Gasteiger partial charge in [0.2, 0.25) is 0 Å². The number of rotatable bonds is 6. The van der Waals surface area contributed by atoms with Gasteiger partial charge in [0.05, 0.1) is 17.4 Å². The Kier molecular flexibility index (Phi) is 6.17. The van der Waals surface area contributed by atoms with Crippen molar-refractivity contribution < 1.29 is 5.11 Å². The minimum absolute atomic E-state index is 0.301. The van der Waals surface area contributed by atoms with E-state index in [1.807, 2.05) is 12.1 Å². The zero-order valence-electron chi connectivity index (χ0n) is 10.8. The summed E-state index contributed by atoms with van der Waals surface area (Å²) in [6.45, 7) is 4.63. The van der Waals surface area contributed by atoms with Crippen molar-refractivity contribution in [3.8, 4) is 6.07 Å². The molecule has 0 spiro atoms. The second-order valence-electron chi connectivity index (χ2n) is 4.33. The van der Waals surface area contributed by atoms with Crippen LogP contribution in [0.15, 0.2) is 22.7 Å². The van der Waals surface area contributed by atoms with Crippen LogP contribution in [0, 0.1) is 17.2 Å². The molecule has 98 valence electrons. The van der Waals surface area contributed by atoms with Crippen molar-refractivity contribution in [2.75, 3.05) is 11.9 Å². The van der Waals surface area contributed by atoms with E-state index in [9.17, 15) is 5.11 Å². The molecule has 1 unspecified atom stereocenters. The Hall–Kier alpha value is -1.05. The molecule has 0 fully saturated rings. The molecular formula is C14H19BrN2O. The summed E-state index contributed by atoms with van der Waals surface area (Å²) in [5, 5.41) is 22.2. The molecule has 1 atom stereocenters. The predicted octanol–water partition coefficient (Wildman–Crippen LogP) is 3.53. The Morgan fingerprint density at radius 1 is 1.39 bits per heavy atom. The van der Waals surface area contributed by atoms with Gasteiger partial charge in [0.15, 0.2) is 0 Å². The second-order valence-corrected chi connectivity index (χ2v) is 5.24. The normalized spacial score (nSPS) is 12.2. The monoisotopic (exact) mass is 310 g/mol. The maximum absolute atomic E-state index is 10.0. The molecule has 0 bridgehead atoms. The molecule has 0 aliphatic carbocycles. The first-order valence-corrected chi connectivity index (χ1v) is 7.03. The number of anilines is 1. The quantitative estimate of drug-likeness (QED) is 0.845. The molecule has 0 radical (unpaired) electrons. The lowest BCUT2D eigenvalue weighted by Gasteiger charge is -2.21. The molecule has 1 rings (SSSR count). The van der Waals surface area contributed by atoms with Gasteiger partial charge in [0.25, 0.3) is 0 Å². The highest BCUT2D eigenvalue weighted by atomic mass is 79.9. The number of nitriles is 1. The Morgan fingerprint density at radius 2 is 2.06 bits per heavy atom. The van der Waals surface area contributed by atoms with Crippen LogP contribution in [0.2, 0.25) is 0 Å². The van der Waals surface area contributed by atoms with E-state index in [1.54, 1.807) is 6.07 Å². The van der Waals surface area contributed by atoms with Gasteiger partial charge in [-0.25, -0.2) is 0 Å². The van der Waals surface area contributed by atoms with E-state index in [2.05, 4.69) is 41.2 Å². The molecule has 0 amide bonds. The molecule has 1 aromatic carbocycles. The standard InChI is InChI=1S/C14H19BrN2O/c1-3-10(4-2)14(18)9-17-13-7-12(15)6-5-11(13)8-16/h5-7,10,14,17-18H,3-4,9H2,1-2H3. The summed E-state index contributed by atoms with van der Waals surface area (Å²) in [6, 6.07) is 7.59. The van der Waals surface area contributed by atoms with E-state index >= 15 is 0 Å². The van der Waals surface area contributed by atoms with Crippen LogP contribution in [0.3, 0.4) is 0 Å². The summed E-state index contributed by atoms with van der Waals surface area (Å²) in [4.78, 5) is 0. The molecular weight excluding hydrogens is 292 g/mol. The SMILES string of the molecule is CCC(CC)C(O)CNc1cc(Br)ccc1C#N. The van der Waals surface area contributed by atoms with Crippen LogP contribution >= 0.6 is 15.9 Å². The van der Waals surface area contributed by atoms with E-state index in [0.717, 1.165) is 23.0 Å². The van der Waals surface area contributed by atoms with Crippen LogP contribution in [-0.4, -0.2) is 17.8 Å². The molecule has 18 heavy (non-hydrogen) atoms. The van der Waals surface area contributed by atoms with Gasteiger partial charge < -0.3 is 10.4 Å². The minimum Gasteiger partial charge on any atom is -0.391 e. The van der Waals surface area contributed by atoms with Crippen molar-refractivity contribution in [2.45, 2.75) is 32.8 Å². The third-order valence-corrected chi connectivity index (χ3v) is 3.69. The van der Waals surface area contributed by atoms with E-state index in [-0.39, 0.29) is 6.10 Å². The average molecular weight is 311 g/mol. The number of hydrogen-bond acceptors (Lipinski definition) is 3. The molecule has 0 aliphatic heterocycles. The summed E-state index contributed by atoms with van der Waals surface area (Å²) in [5.74, 6) is 0.301. The summed E-state index contributed by atoms with van der Waals surface area (Å²) >= 11 is 3.38. The van der Waals surface area contributed by atoms with Crippen molar-refractivity contribution in [1.29, 1.82) is 5.26 Å². The number of aliphatic hydroxyl groups excluding tert-OH is 1. The highest BCUT2D eigenvalue weighted by molar-refractivity contribution is 9.10. The van der Waals surface area contributed by atoms with E-state index in [4.69, 9.17) is 5.26 Å². The topological polar surface area (TPSA) is 56.0 Å². The van der Waals surface area contributed by atoms with Gasteiger partial charge in [-0.2, -0.15) is 5.26 Å². The van der Waals surface area contributed by atoms with Crippen molar-refractivity contribution in [2.24, 2.45) is 5.92 Å². The number of benzene rings is 1. The fourth-order valence-corrected chi connectivity index (χ4v) is 2.34. The lowest BCUT2D eigenvalue weighted by molar-refractivity contribution is 0.114. The van der Waals surface area contributed by atoms with Crippen LogP contribution in [0.25, 0.3) is 0 Å². The summed E-state index contributed by atoms with van der Waals surface area (Å²) in [5.41, 5.74) is 1.35. The maximum Gasteiger partial charge on any atom is 0.101 e. The molecule has 0 saturated heterocycles. The smallest absolute Gasteiger partial charge is 0.101 e. The Morgan fingerprint density at radius 3 is 2.61 bits per heavy atom. The van der Waals surface area contributed by atoms with Gasteiger partial charge in [-0.1, -0.05) is 42.6 Å². The van der Waals surface area contributed by atoms with Crippen molar-refractivity contribution in [1.82, 2.24) is 0 Å². The highest BCUT2D eigenvalue weighted by Crippen LogP contribution is 2.21. The number of halogens is 1. The van der Waals surface area contributed by atoms with Crippen LogP contribution in [0.1, 0.15) is 32.3 Å². The summed E-state index contributed by atoms with van der Waals surface area (Å²) in [6.07, 6.45) is 1.54. The van der Waals surface area contributed by atoms with E-state index < -0.39 is 0 Å². The van der Waals surface area contributed by atoms with Gasteiger partial charge in [0.1, 0.15) is 6.07 Å². The molecule has 2 N–H and O–H groups in total. The maximum atomic E-state index is 10.0. The first-order valence-electron chi connectivity index (χ1n) is 6.23. The van der Waals surface area contributed by atoms with Crippen LogP contribution in [0.5, 0.6) is 0 Å². The van der Waals surface area contributed by atoms with Gasteiger partial charge in [0, 0.05) is 11.0 Å². The lowest BCUT2D eigenvalue weighted by atomic mass is 9.96. The van der Waals surface area contributed by atoms with Gasteiger partial charge in [-0.15, -0.1) is 0 Å². The zero-order valence-corrected chi connectivity index (χ0v) is 12.4. The first kappa shape index (κ1) is 15.0. The van der Waals surface area contributed by atoms with Crippen LogP contribution < -0.4 is 5.32 Å². The first-order chi connectivity index (χ1) is 8.62. The van der Waals surface area contributed by atoms with Crippen LogP contribution in [-0.2, 0) is 0 Å². The number of nitrogens with one attached hydrogen (secondary N) is 1. The van der Waals surface area contributed by atoms with Crippen molar-refractivity contribution >= 4 is 21.6 Å². The predicted molar refractivity (Wildman–Crippen MR) is 77.4 cm³/mol. The Labute approximate surface area is 117 Å². The third kappa shape index (κ3) is 4.01. The van der Waals surface area contributed by atoms with E-state index in [0.29, 0.717) is 18.0 Å². The number of hydrogen-bond donors (Lipinski definition) is 2. The molecule has 3 nitrogen and oxygen atoms in total. The minimum atomic E-state index is -0.384. The fraction of sp³-hybridized carbons (Fsp3) is 0.500. The summed E-state index contributed by atoms with van der Waals surface area (Å²) in [7, 11) is 0. The van der Waals surface area contributed by atoms with Crippen LogP contribution in [0.4, 0.5) is 5.69 Å². The molecule has 4 heteroatoms. The van der Waals surface area contributed by atoms with Crippen molar-refractivity contribution in [3.05, 3.63) is 28.2 Å². The molecule has 0 heterocycles. The summed E-state index contributed by atoms with van der Waals surface area (Å²) < 4.78 is 0.918. The van der Waals surface area contributed by atoms with Gasteiger partial charge in [-0.05, 0) is 24.1 Å². The zero-order chi connectivity index (χ0) is 13.5. The molecule has 1 aromatic rings. The molecule has 0 saturated carbocycles. The lowest BCUT2D eigenvalue weighted by Crippen LogP contribution is -2.27. The Bertz CT molecular complexity index is 424. The van der Waals surface area contributed by atoms with E-state index in [1.165, 1.54) is 0 Å². The number of nitrogens with zero attached hydrogens (tertiary/aromatic N) is 1. The molecule has 0 aromatic heterocycles. The van der Waals surface area contributed by atoms with Gasteiger partial charge in [-0.3, -0.25) is 0 Å². The second kappa shape index (κ2) is 7.40. The fourth-order valence-electron chi connectivity index (χ4n) is 1.97.